The number of nitrogens with one attached hydrogen (secondary N) is 2. The molecule has 1 unspecified atom stereocenters. The number of carbonyl (C=O) groups is 1. The van der Waals surface area contributed by atoms with Crippen molar-refractivity contribution in [2.75, 3.05) is 26.7 Å². The number of aliphatic imine (C=N–C) groups is 1. The zero-order valence-corrected chi connectivity index (χ0v) is 22.6. The predicted molar refractivity (Wildman–Crippen MR) is 136 cm³/mol. The van der Waals surface area contributed by atoms with Crippen LogP contribution in [0.2, 0.25) is 0 Å². The Morgan fingerprint density at radius 1 is 1.23 bits per heavy atom. The van der Waals surface area contributed by atoms with E-state index in [1.165, 1.54) is 0 Å². The summed E-state index contributed by atoms with van der Waals surface area (Å²) in [4.78, 5) is 19.0. The van der Waals surface area contributed by atoms with Crippen LogP contribution in [0.3, 0.4) is 0 Å². The highest BCUT2D eigenvalue weighted by atomic mass is 127. The minimum Gasteiger partial charge on any atom is -0.444 e. The fourth-order valence-electron chi connectivity index (χ4n) is 2.87. The number of guanidine groups is 1. The average molecular weight is 552 g/mol. The number of hydrogen-bond donors (Lipinski definition) is 2. The van der Waals surface area contributed by atoms with Crippen LogP contribution in [-0.4, -0.2) is 70.0 Å². The van der Waals surface area contributed by atoms with Crippen LogP contribution in [-0.2, 0) is 11.3 Å². The van der Waals surface area contributed by atoms with Crippen molar-refractivity contribution >= 4 is 36.0 Å². The molecular weight excluding hydrogens is 509 g/mol. The summed E-state index contributed by atoms with van der Waals surface area (Å²) in [5.41, 5.74) is -0.498. The van der Waals surface area contributed by atoms with Crippen LogP contribution in [0.5, 0.6) is 0 Å². The summed E-state index contributed by atoms with van der Waals surface area (Å²) in [7, 11) is 2.03. The number of ether oxygens (including phenoxy) is 1. The number of amides is 1. The summed E-state index contributed by atoms with van der Waals surface area (Å²) in [6, 6.07) is 0.0361. The summed E-state index contributed by atoms with van der Waals surface area (Å²) in [5, 5.41) is 14.0. The van der Waals surface area contributed by atoms with E-state index in [1.54, 1.807) is 12.7 Å². The molecule has 31 heavy (non-hydrogen) atoms. The molecule has 0 aliphatic rings. The highest BCUT2D eigenvalue weighted by molar-refractivity contribution is 14.0. The van der Waals surface area contributed by atoms with Crippen LogP contribution >= 0.6 is 24.0 Å². The van der Waals surface area contributed by atoms with Gasteiger partial charge in [0, 0.05) is 39.3 Å². The molecule has 1 atom stereocenters. The van der Waals surface area contributed by atoms with E-state index in [1.807, 2.05) is 32.4 Å². The van der Waals surface area contributed by atoms with Crippen molar-refractivity contribution in [3.8, 4) is 0 Å². The number of unbranched alkanes of at least 4 members (excludes halogenated alkanes) is 1. The van der Waals surface area contributed by atoms with Gasteiger partial charge in [0.1, 0.15) is 18.3 Å². The van der Waals surface area contributed by atoms with E-state index in [0.717, 1.165) is 51.4 Å². The second kappa shape index (κ2) is 15.3. The number of alkyl carbamates (subject to hydrolysis) is 1. The fraction of sp³-hybridized carbons (Fsp3) is 0.810. The van der Waals surface area contributed by atoms with Crippen molar-refractivity contribution in [1.29, 1.82) is 0 Å². The predicted octanol–water partition coefficient (Wildman–Crippen LogP) is 3.51. The van der Waals surface area contributed by atoms with Crippen molar-refractivity contribution < 1.29 is 9.53 Å². The Labute approximate surface area is 204 Å². The van der Waals surface area contributed by atoms with Gasteiger partial charge in [0.15, 0.2) is 5.96 Å². The molecule has 1 amide bonds. The van der Waals surface area contributed by atoms with E-state index >= 15 is 0 Å². The van der Waals surface area contributed by atoms with Crippen molar-refractivity contribution in [2.24, 2.45) is 10.9 Å². The van der Waals surface area contributed by atoms with Gasteiger partial charge in [-0.15, -0.1) is 34.2 Å². The first-order valence-corrected chi connectivity index (χ1v) is 10.9. The molecule has 0 aliphatic heterocycles. The van der Waals surface area contributed by atoms with Crippen LogP contribution in [0, 0.1) is 5.92 Å². The molecule has 1 rings (SSSR count). The van der Waals surface area contributed by atoms with E-state index in [9.17, 15) is 4.79 Å². The summed E-state index contributed by atoms with van der Waals surface area (Å²) in [6.07, 6.45) is 5.94. The number of nitrogens with zero attached hydrogens (tertiary/aromatic N) is 5. The molecule has 2 N–H and O–H groups in total. The van der Waals surface area contributed by atoms with Gasteiger partial charge >= 0.3 is 6.09 Å². The summed E-state index contributed by atoms with van der Waals surface area (Å²) < 4.78 is 7.38. The lowest BCUT2D eigenvalue weighted by molar-refractivity contribution is 0.0486. The molecule has 9 nitrogen and oxygen atoms in total. The van der Waals surface area contributed by atoms with E-state index in [4.69, 9.17) is 9.73 Å². The maximum Gasteiger partial charge on any atom is 0.407 e. The van der Waals surface area contributed by atoms with Gasteiger partial charge in [-0.05, 0) is 52.9 Å². The van der Waals surface area contributed by atoms with Crippen LogP contribution in [0.4, 0.5) is 4.79 Å². The minimum absolute atomic E-state index is 0. The number of aryl methyl sites for hydroxylation is 1. The first-order valence-electron chi connectivity index (χ1n) is 10.9. The molecule has 1 aromatic rings. The molecule has 0 aliphatic carbocycles. The van der Waals surface area contributed by atoms with Crippen LogP contribution < -0.4 is 10.6 Å². The Morgan fingerprint density at radius 3 is 2.42 bits per heavy atom. The molecule has 0 saturated heterocycles. The van der Waals surface area contributed by atoms with E-state index in [-0.39, 0.29) is 36.1 Å². The van der Waals surface area contributed by atoms with Crippen molar-refractivity contribution in [3.63, 3.8) is 0 Å². The maximum absolute atomic E-state index is 12.2. The lowest BCUT2D eigenvalue weighted by atomic mass is 10.0. The third-order valence-corrected chi connectivity index (χ3v) is 4.53. The molecule has 10 heteroatoms. The third-order valence-electron chi connectivity index (χ3n) is 4.53. The lowest BCUT2D eigenvalue weighted by Gasteiger charge is -2.28. The Balaban J connectivity index is 0.00000900. The summed E-state index contributed by atoms with van der Waals surface area (Å²) in [5.74, 6) is 1.20. The van der Waals surface area contributed by atoms with E-state index < -0.39 is 5.60 Å². The third kappa shape index (κ3) is 13.4. The largest absolute Gasteiger partial charge is 0.444 e. The average Bonchev–Trinajstić information content (AvgIpc) is 3.15. The van der Waals surface area contributed by atoms with Crippen molar-refractivity contribution in [1.82, 2.24) is 30.3 Å². The highest BCUT2D eigenvalue weighted by Gasteiger charge is 2.22. The van der Waals surface area contributed by atoms with Crippen LogP contribution in [0.15, 0.2) is 17.6 Å². The standard InChI is InChI=1S/C21H41N7O2.HI/c1-8-22-19(23-12-9-10-13-28-15-24-25-16-28)27(7)14-11-18(17(2)3)26-20(29)30-21(4,5)6;/h15-18H,8-14H2,1-7H3,(H,22,23)(H,26,29);1H. The molecule has 0 saturated carbocycles. The fourth-order valence-corrected chi connectivity index (χ4v) is 2.87. The summed E-state index contributed by atoms with van der Waals surface area (Å²) in [6.45, 7) is 15.2. The van der Waals surface area contributed by atoms with Gasteiger partial charge in [-0.1, -0.05) is 13.8 Å². The zero-order chi connectivity index (χ0) is 22.6. The number of rotatable bonds is 11. The van der Waals surface area contributed by atoms with Gasteiger partial charge in [-0.2, -0.15) is 0 Å². The molecule has 0 spiro atoms. The van der Waals surface area contributed by atoms with Gasteiger partial charge in [-0.3, -0.25) is 4.99 Å². The van der Waals surface area contributed by atoms with Crippen molar-refractivity contribution in [2.45, 2.75) is 79.0 Å². The van der Waals surface area contributed by atoms with Gasteiger partial charge in [0.25, 0.3) is 0 Å². The second-order valence-corrected chi connectivity index (χ2v) is 8.85. The van der Waals surface area contributed by atoms with E-state index in [0.29, 0.717) is 5.92 Å². The second-order valence-electron chi connectivity index (χ2n) is 8.85. The smallest absolute Gasteiger partial charge is 0.407 e. The molecule has 0 aromatic carbocycles. The SMILES string of the molecule is CCNC(=NCCCCn1cnnc1)N(C)CCC(NC(=O)OC(C)(C)C)C(C)C.I. The number of halogens is 1. The van der Waals surface area contributed by atoms with Gasteiger partial charge < -0.3 is 24.8 Å². The zero-order valence-electron chi connectivity index (χ0n) is 20.2. The quantitative estimate of drug-likeness (QED) is 0.189. The van der Waals surface area contributed by atoms with E-state index in [2.05, 4.69) is 46.5 Å². The Hall–Kier alpha value is -1.59. The monoisotopic (exact) mass is 551 g/mol. The first-order chi connectivity index (χ1) is 14.1. The first kappa shape index (κ1) is 29.4. The molecule has 0 fully saturated rings. The maximum atomic E-state index is 12.2. The Bertz CT molecular complexity index is 630. The van der Waals surface area contributed by atoms with Crippen LogP contribution in [0.25, 0.3) is 0 Å². The lowest BCUT2D eigenvalue weighted by Crippen LogP contribution is -2.45. The summed E-state index contributed by atoms with van der Waals surface area (Å²) >= 11 is 0. The number of aromatic nitrogens is 3. The Kier molecular flexibility index (Phi) is 14.5. The van der Waals surface area contributed by atoms with Crippen LogP contribution in [0.1, 0.15) is 60.8 Å². The molecule has 1 heterocycles. The topological polar surface area (TPSA) is 96.7 Å². The molecular formula is C21H42IN7O2. The number of hydrogen-bond acceptors (Lipinski definition) is 5. The Morgan fingerprint density at radius 2 is 1.87 bits per heavy atom. The normalized spacial score (nSPS) is 12.8. The van der Waals surface area contributed by atoms with Gasteiger partial charge in [0.05, 0.1) is 0 Å². The molecule has 1 aromatic heterocycles. The molecule has 180 valence electrons. The highest BCUT2D eigenvalue weighted by Crippen LogP contribution is 2.11. The minimum atomic E-state index is -0.498. The molecule has 0 radical (unpaired) electrons. The molecule has 0 bridgehead atoms. The van der Waals surface area contributed by atoms with Crippen molar-refractivity contribution in [3.05, 3.63) is 12.7 Å². The van der Waals surface area contributed by atoms with Gasteiger partial charge in [0.2, 0.25) is 0 Å². The number of carbonyl (C=O) groups excluding carboxylic acids is 1. The van der Waals surface area contributed by atoms with Gasteiger partial charge in [-0.25, -0.2) is 4.79 Å².